The molecule has 6 heteroatoms. The Morgan fingerprint density at radius 2 is 0.494 bits per heavy atom. The number of hydrogen-bond donors (Lipinski definition) is 0. The van der Waals surface area contributed by atoms with Crippen LogP contribution in [-0.2, 0) is 28.6 Å². The minimum absolute atomic E-state index is 0.110. The first kappa shape index (κ1) is 73.8. The zero-order valence-corrected chi connectivity index (χ0v) is 50.6. The third kappa shape index (κ3) is 63.5. The normalized spacial score (nSPS) is 13.3. The molecule has 6 nitrogen and oxygen atoms in total. The molecule has 0 bridgehead atoms. The lowest BCUT2D eigenvalue weighted by Crippen LogP contribution is -2.30. The van der Waals surface area contributed by atoms with Crippen LogP contribution in [0.2, 0.25) is 0 Å². The maximum atomic E-state index is 12.9. The van der Waals surface area contributed by atoms with Gasteiger partial charge in [-0.1, -0.05) is 255 Å². The summed E-state index contributed by atoms with van der Waals surface area (Å²) in [5.41, 5.74) is 0. The standard InChI is InChI=1S/C73H114O6/c1-4-7-10-13-16-19-22-25-27-29-31-32-33-34-35-36-37-38-39-40-42-43-45-48-51-54-57-60-63-66-72(75)78-69-70(68-77-71(74)65-62-59-56-53-50-47-24-21-18-15-12-9-6-3)79-73(76)67-64-61-58-55-52-49-46-44-41-30-28-26-23-20-17-14-11-8-5-2/h7-8,10-12,15-17,19-21,24-28,31-32,34-35,37-38,40-42,44,49,52,70H,4-6,9,13-14,18,22-23,29-30,33,36,39,43,45-48,50-51,53-69H2,1-3H3/b10-7-,11-8-,15-12-,19-16-,20-17-,24-21-,27-25-,28-26-,32-31-,35-34-,38-37-,42-40-,44-41-,52-49-. The highest BCUT2D eigenvalue weighted by Crippen LogP contribution is 2.14. The Balaban J connectivity index is 4.43. The van der Waals surface area contributed by atoms with Crippen molar-refractivity contribution in [2.75, 3.05) is 13.2 Å². The molecule has 1 atom stereocenters. The number of rotatable bonds is 55. The minimum atomic E-state index is -0.816. The molecular formula is C73H114O6. The summed E-state index contributed by atoms with van der Waals surface area (Å²) in [5, 5.41) is 0. The van der Waals surface area contributed by atoms with Gasteiger partial charge >= 0.3 is 17.9 Å². The number of hydrogen-bond acceptors (Lipinski definition) is 6. The van der Waals surface area contributed by atoms with Gasteiger partial charge in [-0.05, 0) is 148 Å². The van der Waals surface area contributed by atoms with Gasteiger partial charge in [0.2, 0.25) is 0 Å². The molecule has 0 saturated carbocycles. The van der Waals surface area contributed by atoms with Crippen LogP contribution in [0, 0.1) is 0 Å². The molecule has 0 aliphatic rings. The number of allylic oxidation sites excluding steroid dienone is 28. The maximum Gasteiger partial charge on any atom is 0.306 e. The largest absolute Gasteiger partial charge is 0.462 e. The van der Waals surface area contributed by atoms with Crippen molar-refractivity contribution in [2.24, 2.45) is 0 Å². The molecule has 0 aromatic carbocycles. The Bertz CT molecular complexity index is 1820. The average Bonchev–Trinajstić information content (AvgIpc) is 3.45. The molecule has 0 spiro atoms. The van der Waals surface area contributed by atoms with Crippen LogP contribution in [0.15, 0.2) is 170 Å². The van der Waals surface area contributed by atoms with Gasteiger partial charge in [0.1, 0.15) is 13.2 Å². The van der Waals surface area contributed by atoms with Crippen LogP contribution in [-0.4, -0.2) is 37.2 Å². The molecule has 0 amide bonds. The van der Waals surface area contributed by atoms with Gasteiger partial charge in [0.05, 0.1) is 0 Å². The number of carbonyl (C=O) groups is 3. The van der Waals surface area contributed by atoms with Gasteiger partial charge < -0.3 is 14.2 Å². The lowest BCUT2D eigenvalue weighted by atomic mass is 10.1. The lowest BCUT2D eigenvalue weighted by Gasteiger charge is -2.18. The molecule has 0 aromatic rings. The number of carbonyl (C=O) groups excluding carboxylic acids is 3. The third-order valence-corrected chi connectivity index (χ3v) is 12.7. The second kappa shape index (κ2) is 65.3. The molecule has 0 radical (unpaired) electrons. The van der Waals surface area contributed by atoms with Gasteiger partial charge in [-0.3, -0.25) is 14.4 Å². The van der Waals surface area contributed by atoms with Crippen LogP contribution in [0.25, 0.3) is 0 Å². The Morgan fingerprint density at radius 1 is 0.266 bits per heavy atom. The molecule has 442 valence electrons. The Hall–Kier alpha value is -5.23. The molecule has 0 aliphatic heterocycles. The first-order valence-corrected chi connectivity index (χ1v) is 31.6. The summed E-state index contributed by atoms with van der Waals surface area (Å²) in [7, 11) is 0. The predicted molar refractivity (Wildman–Crippen MR) is 343 cm³/mol. The number of ether oxygens (including phenoxy) is 3. The smallest absolute Gasteiger partial charge is 0.306 e. The van der Waals surface area contributed by atoms with E-state index in [1.165, 1.54) is 32.1 Å². The van der Waals surface area contributed by atoms with E-state index in [-0.39, 0.29) is 37.5 Å². The zero-order chi connectivity index (χ0) is 57.1. The summed E-state index contributed by atoms with van der Waals surface area (Å²) in [6.07, 6.45) is 96.4. The van der Waals surface area contributed by atoms with Gasteiger partial charge in [0, 0.05) is 19.3 Å². The van der Waals surface area contributed by atoms with Crippen molar-refractivity contribution in [3.63, 3.8) is 0 Å². The Labute approximate surface area is 485 Å². The van der Waals surface area contributed by atoms with E-state index in [0.717, 1.165) is 173 Å². The molecule has 0 fully saturated rings. The van der Waals surface area contributed by atoms with Crippen molar-refractivity contribution in [3.8, 4) is 0 Å². The van der Waals surface area contributed by atoms with Gasteiger partial charge in [-0.25, -0.2) is 0 Å². The fourth-order valence-electron chi connectivity index (χ4n) is 8.02. The summed E-state index contributed by atoms with van der Waals surface area (Å²) in [6, 6.07) is 0. The number of unbranched alkanes of at least 4 members (excludes halogenated alkanes) is 16. The summed E-state index contributed by atoms with van der Waals surface area (Å²) < 4.78 is 16.9. The van der Waals surface area contributed by atoms with E-state index in [4.69, 9.17) is 14.2 Å². The third-order valence-electron chi connectivity index (χ3n) is 12.7. The summed E-state index contributed by atoms with van der Waals surface area (Å²) in [5.74, 6) is -0.973. The van der Waals surface area contributed by atoms with Gasteiger partial charge in [-0.15, -0.1) is 0 Å². The van der Waals surface area contributed by atoms with Gasteiger partial charge in [0.15, 0.2) is 6.10 Å². The Kier molecular flexibility index (Phi) is 61.0. The number of esters is 3. The average molecular weight is 1090 g/mol. The van der Waals surface area contributed by atoms with Crippen molar-refractivity contribution in [1.29, 1.82) is 0 Å². The van der Waals surface area contributed by atoms with Crippen LogP contribution >= 0.6 is 0 Å². The fourth-order valence-corrected chi connectivity index (χ4v) is 8.02. The van der Waals surface area contributed by atoms with Crippen LogP contribution in [0.4, 0.5) is 0 Å². The van der Waals surface area contributed by atoms with Crippen LogP contribution in [0.5, 0.6) is 0 Å². The van der Waals surface area contributed by atoms with E-state index < -0.39 is 6.10 Å². The van der Waals surface area contributed by atoms with E-state index >= 15 is 0 Å². The minimum Gasteiger partial charge on any atom is -0.462 e. The second-order valence-corrected chi connectivity index (χ2v) is 20.2. The molecule has 0 heterocycles. The quantitative estimate of drug-likeness (QED) is 0.0261. The van der Waals surface area contributed by atoms with Crippen molar-refractivity contribution in [1.82, 2.24) is 0 Å². The van der Waals surface area contributed by atoms with Gasteiger partial charge in [-0.2, -0.15) is 0 Å². The second-order valence-electron chi connectivity index (χ2n) is 20.2. The predicted octanol–water partition coefficient (Wildman–Crippen LogP) is 21.9. The lowest BCUT2D eigenvalue weighted by molar-refractivity contribution is -0.167. The highest BCUT2D eigenvalue weighted by Gasteiger charge is 2.19. The monoisotopic (exact) mass is 1090 g/mol. The van der Waals surface area contributed by atoms with Crippen molar-refractivity contribution in [2.45, 2.75) is 258 Å². The maximum absolute atomic E-state index is 12.9. The molecule has 0 saturated heterocycles. The van der Waals surface area contributed by atoms with Crippen molar-refractivity contribution >= 4 is 17.9 Å². The van der Waals surface area contributed by atoms with Crippen LogP contribution in [0.1, 0.15) is 252 Å². The van der Waals surface area contributed by atoms with E-state index in [1.807, 2.05) is 0 Å². The molecule has 0 aromatic heterocycles. The SMILES string of the molecule is CC/C=C\C/C=C\C/C=C\C/C=C\C/C=C\C/C=C\C/C=C\CCCCCCCCCC(=O)OCC(COC(=O)CCCCCCC/C=C\C/C=C\CCC)OC(=O)CCCCC/C=C\C/C=C\C/C=C\C/C=C\C/C=C\CC. The van der Waals surface area contributed by atoms with E-state index in [1.54, 1.807) is 0 Å². The van der Waals surface area contributed by atoms with Crippen LogP contribution in [0.3, 0.4) is 0 Å². The van der Waals surface area contributed by atoms with E-state index in [0.29, 0.717) is 19.3 Å². The molecular weight excluding hydrogens is 973 g/mol. The topological polar surface area (TPSA) is 78.9 Å². The highest BCUT2D eigenvalue weighted by atomic mass is 16.6. The molecule has 0 rings (SSSR count). The van der Waals surface area contributed by atoms with Crippen molar-refractivity contribution in [3.05, 3.63) is 170 Å². The molecule has 79 heavy (non-hydrogen) atoms. The Morgan fingerprint density at radius 3 is 0.785 bits per heavy atom. The van der Waals surface area contributed by atoms with Gasteiger partial charge in [0.25, 0.3) is 0 Å². The van der Waals surface area contributed by atoms with E-state index in [9.17, 15) is 14.4 Å². The summed E-state index contributed by atoms with van der Waals surface area (Å²) in [6.45, 7) is 6.29. The summed E-state index contributed by atoms with van der Waals surface area (Å²) in [4.78, 5) is 38.3. The van der Waals surface area contributed by atoms with E-state index in [2.05, 4.69) is 191 Å². The molecule has 1 unspecified atom stereocenters. The highest BCUT2D eigenvalue weighted by molar-refractivity contribution is 5.71. The van der Waals surface area contributed by atoms with Crippen LogP contribution < -0.4 is 0 Å². The molecule has 0 N–H and O–H groups in total. The summed E-state index contributed by atoms with van der Waals surface area (Å²) >= 11 is 0. The first-order chi connectivity index (χ1) is 39.0. The van der Waals surface area contributed by atoms with Crippen molar-refractivity contribution < 1.29 is 28.6 Å². The zero-order valence-electron chi connectivity index (χ0n) is 50.6. The fraction of sp³-hybridized carbons (Fsp3) is 0.575. The molecule has 0 aliphatic carbocycles. The first-order valence-electron chi connectivity index (χ1n) is 31.6.